The Balaban J connectivity index is 2.12. The molecule has 0 aliphatic heterocycles. The van der Waals surface area contributed by atoms with Crippen LogP contribution in [0.3, 0.4) is 0 Å². The molecule has 0 atom stereocenters. The summed E-state index contributed by atoms with van der Waals surface area (Å²) in [6, 6.07) is 4.17. The molecule has 1 aromatic rings. The summed E-state index contributed by atoms with van der Waals surface area (Å²) in [5.41, 5.74) is 1.34. The van der Waals surface area contributed by atoms with Crippen LogP contribution < -0.4 is 0 Å². The Kier molecular flexibility index (Phi) is 8.99. The van der Waals surface area contributed by atoms with Crippen LogP contribution in [-0.2, 0) is 6.42 Å². The Hall–Kier alpha value is -1.15. The van der Waals surface area contributed by atoms with E-state index in [4.69, 9.17) is 0 Å². The third-order valence-corrected chi connectivity index (χ3v) is 3.17. The standard InChI is InChI=1S/C17H28N2/c1-3-13-19(14-4-2)15-8-6-5-7-10-17-11-9-12-18-16-17/h6,8-9,11-12,16H,3-5,7,10,13-15H2,1-2H3/b8-6+. The van der Waals surface area contributed by atoms with Gasteiger partial charge in [-0.1, -0.05) is 32.1 Å². The van der Waals surface area contributed by atoms with E-state index in [9.17, 15) is 0 Å². The molecule has 0 spiro atoms. The molecule has 0 saturated heterocycles. The van der Waals surface area contributed by atoms with E-state index >= 15 is 0 Å². The number of unbranched alkanes of at least 4 members (excludes halogenated alkanes) is 1. The van der Waals surface area contributed by atoms with Crippen LogP contribution in [0.2, 0.25) is 0 Å². The van der Waals surface area contributed by atoms with Crippen LogP contribution in [0.4, 0.5) is 0 Å². The Bertz CT molecular complexity index is 326. The van der Waals surface area contributed by atoms with Gasteiger partial charge in [0.25, 0.3) is 0 Å². The largest absolute Gasteiger partial charge is 0.300 e. The van der Waals surface area contributed by atoms with Crippen molar-refractivity contribution >= 4 is 0 Å². The molecule has 106 valence electrons. The van der Waals surface area contributed by atoms with Crippen molar-refractivity contribution in [2.45, 2.75) is 46.0 Å². The van der Waals surface area contributed by atoms with E-state index in [0.29, 0.717) is 0 Å². The number of hydrogen-bond donors (Lipinski definition) is 0. The zero-order valence-electron chi connectivity index (χ0n) is 12.5. The highest BCUT2D eigenvalue weighted by molar-refractivity contribution is 5.08. The molecular formula is C17H28N2. The maximum atomic E-state index is 4.14. The smallest absolute Gasteiger partial charge is 0.0299 e. The number of nitrogens with zero attached hydrogens (tertiary/aromatic N) is 2. The van der Waals surface area contributed by atoms with Gasteiger partial charge in [-0.05, 0) is 56.8 Å². The van der Waals surface area contributed by atoms with Crippen LogP contribution >= 0.6 is 0 Å². The van der Waals surface area contributed by atoms with Gasteiger partial charge in [0.2, 0.25) is 0 Å². The van der Waals surface area contributed by atoms with Crippen molar-refractivity contribution < 1.29 is 0 Å². The summed E-state index contributed by atoms with van der Waals surface area (Å²) in [5, 5.41) is 0. The number of hydrogen-bond acceptors (Lipinski definition) is 2. The van der Waals surface area contributed by atoms with E-state index in [1.54, 1.807) is 0 Å². The van der Waals surface area contributed by atoms with Crippen molar-refractivity contribution in [2.75, 3.05) is 19.6 Å². The van der Waals surface area contributed by atoms with Gasteiger partial charge in [0.15, 0.2) is 0 Å². The molecule has 1 rings (SSSR count). The molecule has 1 aromatic heterocycles. The highest BCUT2D eigenvalue weighted by atomic mass is 15.1. The van der Waals surface area contributed by atoms with Gasteiger partial charge in [-0.25, -0.2) is 0 Å². The normalized spacial score (nSPS) is 11.5. The number of rotatable bonds is 10. The summed E-state index contributed by atoms with van der Waals surface area (Å²) in [4.78, 5) is 6.66. The lowest BCUT2D eigenvalue weighted by molar-refractivity contribution is 0.303. The summed E-state index contributed by atoms with van der Waals surface area (Å²) in [7, 11) is 0. The number of aromatic nitrogens is 1. The second-order valence-corrected chi connectivity index (χ2v) is 5.03. The molecule has 1 heterocycles. The van der Waals surface area contributed by atoms with Crippen LogP contribution in [0, 0.1) is 0 Å². The fraction of sp³-hybridized carbons (Fsp3) is 0.588. The zero-order valence-corrected chi connectivity index (χ0v) is 12.5. The first-order valence-electron chi connectivity index (χ1n) is 7.63. The van der Waals surface area contributed by atoms with Crippen LogP contribution in [0.15, 0.2) is 36.7 Å². The van der Waals surface area contributed by atoms with Crippen LogP contribution in [0.25, 0.3) is 0 Å². The predicted octanol–water partition coefficient (Wildman–Crippen LogP) is 4.08. The average Bonchev–Trinajstić information content (AvgIpc) is 2.44. The van der Waals surface area contributed by atoms with Crippen molar-refractivity contribution in [3.05, 3.63) is 42.2 Å². The first-order chi connectivity index (χ1) is 9.36. The molecule has 0 fully saturated rings. The van der Waals surface area contributed by atoms with Crippen molar-refractivity contribution in [3.8, 4) is 0 Å². The maximum absolute atomic E-state index is 4.14. The molecule has 0 radical (unpaired) electrons. The first kappa shape index (κ1) is 15.9. The minimum absolute atomic E-state index is 1.11. The third kappa shape index (κ3) is 7.78. The molecule has 2 heteroatoms. The Morgan fingerprint density at radius 1 is 1.16 bits per heavy atom. The zero-order chi connectivity index (χ0) is 13.8. The van der Waals surface area contributed by atoms with Crippen molar-refractivity contribution in [2.24, 2.45) is 0 Å². The molecule has 0 aliphatic carbocycles. The van der Waals surface area contributed by atoms with Crippen LogP contribution in [-0.4, -0.2) is 29.5 Å². The lowest BCUT2D eigenvalue weighted by Crippen LogP contribution is -2.25. The van der Waals surface area contributed by atoms with E-state index in [1.807, 2.05) is 18.5 Å². The highest BCUT2D eigenvalue weighted by Gasteiger charge is 1.98. The fourth-order valence-electron chi connectivity index (χ4n) is 2.24. The van der Waals surface area contributed by atoms with Crippen molar-refractivity contribution in [1.29, 1.82) is 0 Å². The molecule has 0 N–H and O–H groups in total. The fourth-order valence-corrected chi connectivity index (χ4v) is 2.24. The van der Waals surface area contributed by atoms with Crippen LogP contribution in [0.5, 0.6) is 0 Å². The van der Waals surface area contributed by atoms with E-state index in [-0.39, 0.29) is 0 Å². The maximum Gasteiger partial charge on any atom is 0.0299 e. The van der Waals surface area contributed by atoms with E-state index in [1.165, 1.54) is 44.3 Å². The van der Waals surface area contributed by atoms with E-state index in [2.05, 4.69) is 41.9 Å². The average molecular weight is 260 g/mol. The quantitative estimate of drug-likeness (QED) is 0.465. The van der Waals surface area contributed by atoms with Crippen LogP contribution in [0.1, 0.15) is 45.1 Å². The molecule has 0 bridgehead atoms. The molecule has 0 aliphatic rings. The minimum Gasteiger partial charge on any atom is -0.300 e. The van der Waals surface area contributed by atoms with Gasteiger partial charge in [-0.15, -0.1) is 0 Å². The summed E-state index contributed by atoms with van der Waals surface area (Å²) in [6.45, 7) is 8.04. The molecule has 0 unspecified atom stereocenters. The summed E-state index contributed by atoms with van der Waals surface area (Å²) >= 11 is 0. The number of aryl methyl sites for hydroxylation is 1. The lowest BCUT2D eigenvalue weighted by Gasteiger charge is -2.18. The topological polar surface area (TPSA) is 16.1 Å². The lowest BCUT2D eigenvalue weighted by atomic mass is 10.1. The highest BCUT2D eigenvalue weighted by Crippen LogP contribution is 2.03. The first-order valence-corrected chi connectivity index (χ1v) is 7.63. The summed E-state index contributed by atoms with van der Waals surface area (Å²) in [5.74, 6) is 0. The van der Waals surface area contributed by atoms with Crippen molar-refractivity contribution in [3.63, 3.8) is 0 Å². The number of pyridine rings is 1. The van der Waals surface area contributed by atoms with Gasteiger partial charge < -0.3 is 0 Å². The predicted molar refractivity (Wildman–Crippen MR) is 83.3 cm³/mol. The SMILES string of the molecule is CCCN(C/C=C/CCCc1cccnc1)CCC. The Morgan fingerprint density at radius 3 is 2.58 bits per heavy atom. The summed E-state index contributed by atoms with van der Waals surface area (Å²) in [6.07, 6.45) is 14.5. The van der Waals surface area contributed by atoms with Gasteiger partial charge in [0.1, 0.15) is 0 Å². The third-order valence-electron chi connectivity index (χ3n) is 3.17. The number of allylic oxidation sites excluding steroid dienone is 1. The van der Waals surface area contributed by atoms with Gasteiger partial charge in [0, 0.05) is 18.9 Å². The van der Waals surface area contributed by atoms with Crippen molar-refractivity contribution in [1.82, 2.24) is 9.88 Å². The van der Waals surface area contributed by atoms with Gasteiger partial charge in [-0.3, -0.25) is 9.88 Å². The van der Waals surface area contributed by atoms with Gasteiger partial charge in [-0.2, -0.15) is 0 Å². The summed E-state index contributed by atoms with van der Waals surface area (Å²) < 4.78 is 0. The van der Waals surface area contributed by atoms with E-state index in [0.717, 1.165) is 13.0 Å². The Morgan fingerprint density at radius 2 is 1.95 bits per heavy atom. The monoisotopic (exact) mass is 260 g/mol. The molecule has 0 saturated carbocycles. The molecule has 0 aromatic carbocycles. The van der Waals surface area contributed by atoms with Gasteiger partial charge >= 0.3 is 0 Å². The second kappa shape index (κ2) is 10.7. The second-order valence-electron chi connectivity index (χ2n) is 5.03. The minimum atomic E-state index is 1.11. The molecule has 19 heavy (non-hydrogen) atoms. The molecular weight excluding hydrogens is 232 g/mol. The molecule has 0 amide bonds. The molecule has 2 nitrogen and oxygen atoms in total. The Labute approximate surface area is 118 Å². The van der Waals surface area contributed by atoms with E-state index < -0.39 is 0 Å². The van der Waals surface area contributed by atoms with Gasteiger partial charge in [0.05, 0.1) is 0 Å².